The minimum absolute atomic E-state index is 0.565. The molecular formula is C11H17BrN2. The Morgan fingerprint density at radius 2 is 2.29 bits per heavy atom. The number of rotatable bonds is 4. The predicted molar refractivity (Wildman–Crippen MR) is 65.3 cm³/mol. The molecule has 1 heterocycles. The number of pyridine rings is 1. The molecule has 0 saturated carbocycles. The van der Waals surface area contributed by atoms with E-state index in [1.54, 1.807) is 0 Å². The lowest BCUT2D eigenvalue weighted by molar-refractivity contribution is 0.778. The Morgan fingerprint density at radius 1 is 1.57 bits per heavy atom. The van der Waals surface area contributed by atoms with Gasteiger partial charge in [0.05, 0.1) is 0 Å². The number of hydrogen-bond acceptors (Lipinski definition) is 2. The van der Waals surface area contributed by atoms with E-state index < -0.39 is 0 Å². The molecule has 78 valence electrons. The van der Waals surface area contributed by atoms with Crippen LogP contribution in [0.1, 0.15) is 18.9 Å². The quantitative estimate of drug-likeness (QED) is 0.771. The van der Waals surface area contributed by atoms with E-state index in [2.05, 4.69) is 52.8 Å². The summed E-state index contributed by atoms with van der Waals surface area (Å²) < 4.78 is 0. The summed E-state index contributed by atoms with van der Waals surface area (Å²) in [5, 5.41) is 0. The first-order valence-corrected chi connectivity index (χ1v) is 5.79. The Hall–Kier alpha value is -0.570. The van der Waals surface area contributed by atoms with Crippen LogP contribution in [0.15, 0.2) is 18.3 Å². The van der Waals surface area contributed by atoms with Gasteiger partial charge in [-0.25, -0.2) is 4.98 Å². The molecule has 2 nitrogen and oxygen atoms in total. The van der Waals surface area contributed by atoms with Gasteiger partial charge in [0, 0.05) is 24.6 Å². The highest BCUT2D eigenvalue weighted by molar-refractivity contribution is 9.09. The van der Waals surface area contributed by atoms with Crippen molar-refractivity contribution in [3.63, 3.8) is 0 Å². The SMILES string of the molecule is Cc1ccnc(N(C)CCC(C)Br)c1. The standard InChI is InChI=1S/C11H17BrN2/c1-9-4-6-13-11(8-9)14(3)7-5-10(2)12/h4,6,8,10H,5,7H2,1-3H3. The molecule has 1 rings (SSSR count). The van der Waals surface area contributed by atoms with Gasteiger partial charge in [0.25, 0.3) is 0 Å². The number of alkyl halides is 1. The lowest BCUT2D eigenvalue weighted by Gasteiger charge is -2.18. The van der Waals surface area contributed by atoms with E-state index in [-0.39, 0.29) is 0 Å². The first-order chi connectivity index (χ1) is 6.59. The Morgan fingerprint density at radius 3 is 2.86 bits per heavy atom. The van der Waals surface area contributed by atoms with Crippen molar-refractivity contribution in [1.29, 1.82) is 0 Å². The summed E-state index contributed by atoms with van der Waals surface area (Å²) in [5.41, 5.74) is 1.26. The summed E-state index contributed by atoms with van der Waals surface area (Å²) in [7, 11) is 2.08. The summed E-state index contributed by atoms with van der Waals surface area (Å²) in [5.74, 6) is 1.05. The Balaban J connectivity index is 2.56. The Labute approximate surface area is 94.5 Å². The molecule has 1 unspecified atom stereocenters. The van der Waals surface area contributed by atoms with Crippen LogP contribution in [0.5, 0.6) is 0 Å². The molecule has 0 aliphatic carbocycles. The van der Waals surface area contributed by atoms with Crippen molar-refractivity contribution in [2.45, 2.75) is 25.1 Å². The highest BCUT2D eigenvalue weighted by Gasteiger charge is 2.03. The molecule has 0 saturated heterocycles. The zero-order chi connectivity index (χ0) is 10.6. The zero-order valence-electron chi connectivity index (χ0n) is 9.00. The molecule has 0 spiro atoms. The number of halogens is 1. The van der Waals surface area contributed by atoms with E-state index in [0.717, 1.165) is 18.8 Å². The van der Waals surface area contributed by atoms with Crippen LogP contribution in [0.2, 0.25) is 0 Å². The van der Waals surface area contributed by atoms with Crippen molar-refractivity contribution < 1.29 is 0 Å². The van der Waals surface area contributed by atoms with Crippen LogP contribution in [0.3, 0.4) is 0 Å². The van der Waals surface area contributed by atoms with E-state index in [0.29, 0.717) is 4.83 Å². The van der Waals surface area contributed by atoms with Gasteiger partial charge in [-0.05, 0) is 31.0 Å². The van der Waals surface area contributed by atoms with Crippen molar-refractivity contribution in [3.8, 4) is 0 Å². The Kier molecular flexibility index (Phi) is 4.39. The monoisotopic (exact) mass is 256 g/mol. The zero-order valence-corrected chi connectivity index (χ0v) is 10.6. The minimum Gasteiger partial charge on any atom is -0.360 e. The van der Waals surface area contributed by atoms with Crippen molar-refractivity contribution >= 4 is 21.7 Å². The van der Waals surface area contributed by atoms with E-state index in [1.807, 2.05) is 12.3 Å². The highest BCUT2D eigenvalue weighted by atomic mass is 79.9. The fourth-order valence-corrected chi connectivity index (χ4v) is 1.42. The second-order valence-electron chi connectivity index (χ2n) is 3.68. The van der Waals surface area contributed by atoms with E-state index in [4.69, 9.17) is 0 Å². The van der Waals surface area contributed by atoms with Crippen LogP contribution in [-0.4, -0.2) is 23.4 Å². The smallest absolute Gasteiger partial charge is 0.128 e. The third-order valence-electron chi connectivity index (χ3n) is 2.15. The molecule has 0 aromatic carbocycles. The summed E-state index contributed by atoms with van der Waals surface area (Å²) in [4.78, 5) is 7.08. The molecule has 0 aliphatic heterocycles. The topological polar surface area (TPSA) is 16.1 Å². The van der Waals surface area contributed by atoms with Crippen LogP contribution in [0, 0.1) is 6.92 Å². The second kappa shape index (κ2) is 5.35. The molecule has 1 atom stereocenters. The number of aryl methyl sites for hydroxylation is 1. The molecule has 0 N–H and O–H groups in total. The van der Waals surface area contributed by atoms with Crippen molar-refractivity contribution in [1.82, 2.24) is 4.98 Å². The van der Waals surface area contributed by atoms with Gasteiger partial charge in [0.1, 0.15) is 5.82 Å². The van der Waals surface area contributed by atoms with Gasteiger partial charge in [-0.2, -0.15) is 0 Å². The molecule has 0 fully saturated rings. The normalized spacial score (nSPS) is 12.6. The third-order valence-corrected chi connectivity index (χ3v) is 2.61. The highest BCUT2D eigenvalue weighted by Crippen LogP contribution is 2.12. The molecular weight excluding hydrogens is 240 g/mol. The van der Waals surface area contributed by atoms with Gasteiger partial charge in [0.2, 0.25) is 0 Å². The summed E-state index contributed by atoms with van der Waals surface area (Å²) >= 11 is 3.54. The maximum atomic E-state index is 4.33. The maximum absolute atomic E-state index is 4.33. The van der Waals surface area contributed by atoms with E-state index in [9.17, 15) is 0 Å². The number of nitrogens with zero attached hydrogens (tertiary/aromatic N) is 2. The number of hydrogen-bond donors (Lipinski definition) is 0. The average molecular weight is 257 g/mol. The lowest BCUT2D eigenvalue weighted by Crippen LogP contribution is -2.21. The molecule has 1 aromatic rings. The van der Waals surface area contributed by atoms with Crippen LogP contribution in [0.4, 0.5) is 5.82 Å². The Bertz CT molecular complexity index is 286. The third kappa shape index (κ3) is 3.66. The van der Waals surface area contributed by atoms with Crippen LogP contribution < -0.4 is 4.90 Å². The van der Waals surface area contributed by atoms with Crippen LogP contribution in [0.25, 0.3) is 0 Å². The van der Waals surface area contributed by atoms with Gasteiger partial charge < -0.3 is 4.90 Å². The first kappa shape index (κ1) is 11.5. The molecule has 0 aliphatic rings. The van der Waals surface area contributed by atoms with Crippen LogP contribution in [-0.2, 0) is 0 Å². The number of anilines is 1. The van der Waals surface area contributed by atoms with E-state index >= 15 is 0 Å². The average Bonchev–Trinajstić information content (AvgIpc) is 2.14. The first-order valence-electron chi connectivity index (χ1n) is 4.87. The molecule has 0 amide bonds. The lowest BCUT2D eigenvalue weighted by atomic mass is 10.3. The van der Waals surface area contributed by atoms with Gasteiger partial charge in [-0.15, -0.1) is 0 Å². The molecule has 14 heavy (non-hydrogen) atoms. The van der Waals surface area contributed by atoms with Crippen molar-refractivity contribution in [2.75, 3.05) is 18.5 Å². The molecule has 1 aromatic heterocycles. The van der Waals surface area contributed by atoms with Crippen LogP contribution >= 0.6 is 15.9 Å². The number of aromatic nitrogens is 1. The molecule has 0 radical (unpaired) electrons. The van der Waals surface area contributed by atoms with Gasteiger partial charge in [0.15, 0.2) is 0 Å². The van der Waals surface area contributed by atoms with E-state index in [1.165, 1.54) is 5.56 Å². The van der Waals surface area contributed by atoms with Crippen molar-refractivity contribution in [3.05, 3.63) is 23.9 Å². The second-order valence-corrected chi connectivity index (χ2v) is 5.25. The molecule has 3 heteroatoms. The summed E-state index contributed by atoms with van der Waals surface area (Å²) in [6.07, 6.45) is 2.99. The van der Waals surface area contributed by atoms with Gasteiger partial charge in [-0.1, -0.05) is 22.9 Å². The fourth-order valence-electron chi connectivity index (χ4n) is 1.22. The fraction of sp³-hybridized carbons (Fsp3) is 0.545. The summed E-state index contributed by atoms with van der Waals surface area (Å²) in [6, 6.07) is 4.13. The largest absolute Gasteiger partial charge is 0.360 e. The predicted octanol–water partition coefficient (Wildman–Crippen LogP) is 3.00. The van der Waals surface area contributed by atoms with Gasteiger partial charge >= 0.3 is 0 Å². The van der Waals surface area contributed by atoms with Crippen molar-refractivity contribution in [2.24, 2.45) is 0 Å². The minimum atomic E-state index is 0.565. The van der Waals surface area contributed by atoms with Gasteiger partial charge in [-0.3, -0.25) is 0 Å². The maximum Gasteiger partial charge on any atom is 0.128 e. The summed E-state index contributed by atoms with van der Waals surface area (Å²) in [6.45, 7) is 5.28. The molecule has 0 bridgehead atoms.